The van der Waals surface area contributed by atoms with Crippen molar-refractivity contribution in [2.75, 3.05) is 0 Å². The maximum Gasteiger partial charge on any atom is -0.00519 e. The average Bonchev–Trinajstić information content (AvgIpc) is 2.18. The van der Waals surface area contributed by atoms with E-state index in [1.54, 1.807) is 0 Å². The van der Waals surface area contributed by atoms with Crippen LogP contribution in [-0.4, -0.2) is 0 Å². The van der Waals surface area contributed by atoms with Gasteiger partial charge >= 0.3 is 0 Å². The second-order valence-corrected chi connectivity index (χ2v) is 3.35. The summed E-state index contributed by atoms with van der Waals surface area (Å²) in [6, 6.07) is 10.6. The Morgan fingerprint density at radius 1 is 1.08 bits per heavy atom. The lowest BCUT2D eigenvalue weighted by Gasteiger charge is -2.26. The summed E-state index contributed by atoms with van der Waals surface area (Å²) >= 11 is 0. The SMILES string of the molecule is [CH2]C(CC)(CC)c1ccccc1. The van der Waals surface area contributed by atoms with E-state index >= 15 is 0 Å². The third kappa shape index (κ3) is 1.69. The third-order valence-corrected chi connectivity index (χ3v) is 2.74. The molecule has 12 heavy (non-hydrogen) atoms. The van der Waals surface area contributed by atoms with Gasteiger partial charge in [0, 0.05) is 0 Å². The van der Waals surface area contributed by atoms with Gasteiger partial charge in [-0.1, -0.05) is 44.2 Å². The van der Waals surface area contributed by atoms with Crippen molar-refractivity contribution in [3.05, 3.63) is 42.8 Å². The summed E-state index contributed by atoms with van der Waals surface area (Å²) < 4.78 is 0. The zero-order valence-corrected chi connectivity index (χ0v) is 8.01. The molecule has 65 valence electrons. The molecule has 1 aromatic rings. The zero-order valence-electron chi connectivity index (χ0n) is 8.01. The minimum Gasteiger partial charge on any atom is -0.0645 e. The molecule has 1 aromatic carbocycles. The summed E-state index contributed by atoms with van der Waals surface area (Å²) in [4.78, 5) is 0. The van der Waals surface area contributed by atoms with Crippen molar-refractivity contribution in [3.63, 3.8) is 0 Å². The van der Waals surface area contributed by atoms with Gasteiger partial charge in [0.15, 0.2) is 0 Å². The van der Waals surface area contributed by atoms with E-state index in [1.807, 2.05) is 0 Å². The molecular weight excluding hydrogens is 144 g/mol. The van der Waals surface area contributed by atoms with Crippen molar-refractivity contribution in [1.29, 1.82) is 0 Å². The predicted molar refractivity (Wildman–Crippen MR) is 54.1 cm³/mol. The summed E-state index contributed by atoms with van der Waals surface area (Å²) in [6.07, 6.45) is 2.21. The van der Waals surface area contributed by atoms with Gasteiger partial charge in [0.2, 0.25) is 0 Å². The average molecular weight is 161 g/mol. The van der Waals surface area contributed by atoms with E-state index in [1.165, 1.54) is 5.56 Å². The van der Waals surface area contributed by atoms with Crippen LogP contribution in [0.25, 0.3) is 0 Å². The fraction of sp³-hybridized carbons (Fsp3) is 0.417. The molecule has 0 saturated heterocycles. The molecule has 0 nitrogen and oxygen atoms in total. The van der Waals surface area contributed by atoms with Crippen LogP contribution in [0.15, 0.2) is 30.3 Å². The number of hydrogen-bond acceptors (Lipinski definition) is 0. The van der Waals surface area contributed by atoms with E-state index in [4.69, 9.17) is 0 Å². The highest BCUT2D eigenvalue weighted by Crippen LogP contribution is 2.29. The lowest BCUT2D eigenvalue weighted by atomic mass is 9.78. The summed E-state index contributed by atoms with van der Waals surface area (Å²) in [5, 5.41) is 0. The Hall–Kier alpha value is -0.780. The van der Waals surface area contributed by atoms with Crippen LogP contribution in [0.3, 0.4) is 0 Å². The first-order valence-electron chi connectivity index (χ1n) is 4.64. The Balaban J connectivity index is 2.95. The monoisotopic (exact) mass is 161 g/mol. The molecule has 0 aromatic heterocycles. The summed E-state index contributed by atoms with van der Waals surface area (Å²) in [6.45, 7) is 8.67. The van der Waals surface area contributed by atoms with Crippen LogP contribution in [0.4, 0.5) is 0 Å². The highest BCUT2D eigenvalue weighted by atomic mass is 14.2. The van der Waals surface area contributed by atoms with Crippen LogP contribution in [0.5, 0.6) is 0 Å². The van der Waals surface area contributed by atoms with Gasteiger partial charge in [0.1, 0.15) is 0 Å². The Labute approximate surface area is 75.6 Å². The van der Waals surface area contributed by atoms with E-state index in [-0.39, 0.29) is 5.41 Å². The van der Waals surface area contributed by atoms with Gasteiger partial charge < -0.3 is 0 Å². The van der Waals surface area contributed by atoms with Gasteiger partial charge in [-0.3, -0.25) is 0 Å². The lowest BCUT2D eigenvalue weighted by molar-refractivity contribution is 0.493. The zero-order chi connectivity index (χ0) is 9.03. The van der Waals surface area contributed by atoms with Crippen LogP contribution < -0.4 is 0 Å². The molecule has 0 unspecified atom stereocenters. The first-order valence-corrected chi connectivity index (χ1v) is 4.64. The molecule has 0 spiro atoms. The molecular formula is C12H17. The first kappa shape index (κ1) is 9.31. The Morgan fingerprint density at radius 3 is 2.00 bits per heavy atom. The number of rotatable bonds is 3. The third-order valence-electron chi connectivity index (χ3n) is 2.74. The summed E-state index contributed by atoms with van der Waals surface area (Å²) in [7, 11) is 0. The lowest BCUT2D eigenvalue weighted by Crippen LogP contribution is -2.19. The van der Waals surface area contributed by atoms with Gasteiger partial charge in [0.05, 0.1) is 0 Å². The van der Waals surface area contributed by atoms with E-state index in [9.17, 15) is 0 Å². The number of benzene rings is 1. The quantitative estimate of drug-likeness (QED) is 0.635. The molecule has 0 aliphatic heterocycles. The van der Waals surface area contributed by atoms with Gasteiger partial charge in [-0.25, -0.2) is 0 Å². The van der Waals surface area contributed by atoms with Crippen molar-refractivity contribution in [3.8, 4) is 0 Å². The molecule has 0 heterocycles. The Morgan fingerprint density at radius 2 is 1.58 bits per heavy atom. The van der Waals surface area contributed by atoms with Crippen LogP contribution in [0.1, 0.15) is 32.3 Å². The highest BCUT2D eigenvalue weighted by molar-refractivity contribution is 5.26. The maximum atomic E-state index is 4.28. The first-order chi connectivity index (χ1) is 5.73. The van der Waals surface area contributed by atoms with E-state index in [0.29, 0.717) is 0 Å². The van der Waals surface area contributed by atoms with Crippen LogP contribution in [0.2, 0.25) is 0 Å². The Bertz CT molecular complexity index is 219. The van der Waals surface area contributed by atoms with E-state index in [0.717, 1.165) is 12.8 Å². The fourth-order valence-electron chi connectivity index (χ4n) is 1.45. The fourth-order valence-corrected chi connectivity index (χ4v) is 1.45. The van der Waals surface area contributed by atoms with E-state index in [2.05, 4.69) is 51.1 Å². The summed E-state index contributed by atoms with van der Waals surface area (Å²) in [5.74, 6) is 0. The van der Waals surface area contributed by atoms with Crippen molar-refractivity contribution >= 4 is 0 Å². The van der Waals surface area contributed by atoms with Crippen LogP contribution in [0, 0.1) is 6.92 Å². The van der Waals surface area contributed by atoms with Crippen LogP contribution in [-0.2, 0) is 5.41 Å². The van der Waals surface area contributed by atoms with Crippen molar-refractivity contribution < 1.29 is 0 Å². The molecule has 1 rings (SSSR count). The highest BCUT2D eigenvalue weighted by Gasteiger charge is 2.21. The van der Waals surface area contributed by atoms with Gasteiger partial charge in [-0.2, -0.15) is 0 Å². The number of hydrogen-bond donors (Lipinski definition) is 0. The normalized spacial score (nSPS) is 11.6. The molecule has 0 saturated carbocycles. The molecule has 0 heteroatoms. The van der Waals surface area contributed by atoms with Gasteiger partial charge in [-0.15, -0.1) is 0 Å². The van der Waals surface area contributed by atoms with Gasteiger partial charge in [0.25, 0.3) is 0 Å². The smallest absolute Gasteiger partial charge is 0.00519 e. The van der Waals surface area contributed by atoms with Crippen molar-refractivity contribution in [1.82, 2.24) is 0 Å². The molecule has 0 fully saturated rings. The summed E-state index contributed by atoms with van der Waals surface area (Å²) in [5.41, 5.74) is 1.48. The molecule has 0 bridgehead atoms. The molecule has 0 amide bonds. The second kappa shape index (κ2) is 3.75. The van der Waals surface area contributed by atoms with Crippen molar-refractivity contribution in [2.45, 2.75) is 32.1 Å². The van der Waals surface area contributed by atoms with Gasteiger partial charge in [-0.05, 0) is 30.7 Å². The molecule has 1 radical (unpaired) electrons. The second-order valence-electron chi connectivity index (χ2n) is 3.35. The minimum atomic E-state index is 0.126. The van der Waals surface area contributed by atoms with Crippen molar-refractivity contribution in [2.24, 2.45) is 0 Å². The van der Waals surface area contributed by atoms with Crippen LogP contribution >= 0.6 is 0 Å². The molecule has 0 aliphatic carbocycles. The largest absolute Gasteiger partial charge is 0.0645 e. The Kier molecular flexibility index (Phi) is 2.91. The molecule has 0 N–H and O–H groups in total. The standard InChI is InChI=1S/C12H17/c1-4-12(3,5-2)11-9-7-6-8-10-11/h6-10H,3-5H2,1-2H3. The minimum absolute atomic E-state index is 0.126. The maximum absolute atomic E-state index is 4.28. The molecule has 0 aliphatic rings. The topological polar surface area (TPSA) is 0 Å². The van der Waals surface area contributed by atoms with E-state index < -0.39 is 0 Å². The predicted octanol–water partition coefficient (Wildman–Crippen LogP) is 3.58. The molecule has 0 atom stereocenters.